The Morgan fingerprint density at radius 1 is 1.09 bits per heavy atom. The van der Waals surface area contributed by atoms with Crippen molar-refractivity contribution in [2.45, 2.75) is 56.0 Å². The summed E-state index contributed by atoms with van der Waals surface area (Å²) in [5.41, 5.74) is -0.797. The Morgan fingerprint density at radius 3 is 2.37 bits per heavy atom. The third kappa shape index (κ3) is 3.22. The molecule has 7 fully saturated rings. The Bertz CT molecular complexity index is 1120. The van der Waals surface area contributed by atoms with Gasteiger partial charge >= 0.3 is 23.2 Å². The van der Waals surface area contributed by atoms with Gasteiger partial charge in [0.2, 0.25) is 0 Å². The van der Waals surface area contributed by atoms with E-state index in [0.717, 1.165) is 12.8 Å². The standard InChI is InChI=1S/C22H24F2O10S/c23-22(24,35(29,30)31)7-32-18(26)13-11-3-12-14(13)19(27)33-16(12)17(11)34-20(28)21-4-8-1-9(5-21)15(25)10(2-8)6-21/h8-14,16-17H,1-7H2,(H,29,30,31)/p-1. The number of carbonyl (C=O) groups excluding carboxylic acids is 4. The normalized spacial score (nSPS) is 45.1. The second kappa shape index (κ2) is 7.21. The van der Waals surface area contributed by atoms with Gasteiger partial charge in [0.1, 0.15) is 18.0 Å². The molecule has 0 aromatic heterocycles. The molecule has 0 spiro atoms. The first-order valence-corrected chi connectivity index (χ1v) is 13.2. The summed E-state index contributed by atoms with van der Waals surface area (Å²) in [6.45, 7) is -1.97. The predicted molar refractivity (Wildman–Crippen MR) is 105 cm³/mol. The number of hydrogen-bond donors (Lipinski definition) is 0. The summed E-state index contributed by atoms with van der Waals surface area (Å²) in [6.07, 6.45) is 1.53. The quantitative estimate of drug-likeness (QED) is 0.281. The third-order valence-corrected chi connectivity index (χ3v) is 10.1. The lowest BCUT2D eigenvalue weighted by Gasteiger charge is -2.54. The van der Waals surface area contributed by atoms with Crippen LogP contribution in [-0.2, 0) is 43.5 Å². The average Bonchev–Trinajstić information content (AvgIpc) is 3.38. The minimum absolute atomic E-state index is 0.163. The molecule has 6 bridgehead atoms. The summed E-state index contributed by atoms with van der Waals surface area (Å²) in [5.74, 6) is -5.75. The Balaban J connectivity index is 1.20. The van der Waals surface area contributed by atoms with E-state index >= 15 is 0 Å². The van der Waals surface area contributed by atoms with Crippen LogP contribution >= 0.6 is 0 Å². The topological polar surface area (TPSA) is 153 Å². The van der Waals surface area contributed by atoms with Crippen molar-refractivity contribution in [1.29, 1.82) is 0 Å². The van der Waals surface area contributed by atoms with E-state index in [1.165, 1.54) is 0 Å². The van der Waals surface area contributed by atoms with Crippen molar-refractivity contribution in [1.82, 2.24) is 0 Å². The van der Waals surface area contributed by atoms with E-state index in [4.69, 9.17) is 9.47 Å². The van der Waals surface area contributed by atoms with Gasteiger partial charge in [0.15, 0.2) is 16.7 Å². The summed E-state index contributed by atoms with van der Waals surface area (Å²) in [6, 6.07) is 0. The molecule has 7 aliphatic rings. The minimum atomic E-state index is -6.05. The molecule has 192 valence electrons. The number of Topliss-reactive ketones (excluding diaryl/α,β-unsaturated/α-hetero) is 1. The van der Waals surface area contributed by atoms with Gasteiger partial charge in [-0.25, -0.2) is 8.42 Å². The fourth-order valence-corrected chi connectivity index (χ4v) is 8.24. The maximum atomic E-state index is 13.5. The van der Waals surface area contributed by atoms with Crippen LogP contribution in [0.4, 0.5) is 8.78 Å². The second-order valence-electron chi connectivity index (χ2n) is 11.1. The number of alkyl halides is 2. The van der Waals surface area contributed by atoms with Gasteiger partial charge < -0.3 is 18.8 Å². The summed E-state index contributed by atoms with van der Waals surface area (Å²) < 4.78 is 74.9. The first-order chi connectivity index (χ1) is 16.3. The van der Waals surface area contributed by atoms with Gasteiger partial charge in [-0.05, 0) is 44.4 Å². The van der Waals surface area contributed by atoms with E-state index in [1.54, 1.807) is 0 Å². The molecular weight excluding hydrogens is 494 g/mol. The van der Waals surface area contributed by atoms with Crippen LogP contribution in [0.3, 0.4) is 0 Å². The highest BCUT2D eigenvalue weighted by atomic mass is 32.2. The maximum Gasteiger partial charge on any atom is 0.367 e. The summed E-state index contributed by atoms with van der Waals surface area (Å²) in [7, 11) is -6.05. The molecule has 1 saturated heterocycles. The highest BCUT2D eigenvalue weighted by Gasteiger charge is 2.71. The van der Waals surface area contributed by atoms with Gasteiger partial charge in [0, 0.05) is 23.7 Å². The Hall–Kier alpha value is -2.15. The van der Waals surface area contributed by atoms with E-state index in [1.807, 2.05) is 0 Å². The molecule has 8 atom stereocenters. The van der Waals surface area contributed by atoms with Crippen molar-refractivity contribution in [2.24, 2.45) is 46.8 Å². The van der Waals surface area contributed by atoms with Crippen molar-refractivity contribution in [3.8, 4) is 0 Å². The molecule has 0 radical (unpaired) electrons. The number of ether oxygens (including phenoxy) is 3. The summed E-state index contributed by atoms with van der Waals surface area (Å²) >= 11 is 0. The van der Waals surface area contributed by atoms with Crippen LogP contribution in [0.5, 0.6) is 0 Å². The van der Waals surface area contributed by atoms with E-state index in [2.05, 4.69) is 4.74 Å². The number of fused-ring (bicyclic) bond motifs is 1. The van der Waals surface area contributed by atoms with Crippen molar-refractivity contribution < 1.29 is 55.1 Å². The highest BCUT2D eigenvalue weighted by molar-refractivity contribution is 7.86. The molecule has 13 heteroatoms. The lowest BCUT2D eigenvalue weighted by Crippen LogP contribution is -2.56. The molecule has 6 saturated carbocycles. The molecule has 7 rings (SSSR count). The van der Waals surface area contributed by atoms with Gasteiger partial charge in [0.25, 0.3) is 0 Å². The van der Waals surface area contributed by atoms with Gasteiger partial charge in [-0.15, -0.1) is 0 Å². The Kier molecular flexibility index (Phi) is 4.79. The smallest absolute Gasteiger partial charge is 0.367 e. The largest absolute Gasteiger partial charge is 0.743 e. The van der Waals surface area contributed by atoms with Crippen LogP contribution in [0, 0.1) is 46.8 Å². The van der Waals surface area contributed by atoms with Crippen LogP contribution in [0.25, 0.3) is 0 Å². The van der Waals surface area contributed by atoms with Gasteiger partial charge in [-0.3, -0.25) is 19.2 Å². The molecule has 1 aliphatic heterocycles. The van der Waals surface area contributed by atoms with Crippen molar-refractivity contribution in [3.05, 3.63) is 0 Å². The van der Waals surface area contributed by atoms with Crippen molar-refractivity contribution in [3.63, 3.8) is 0 Å². The molecule has 8 unspecified atom stereocenters. The fraction of sp³-hybridized carbons (Fsp3) is 0.818. The Labute approximate surface area is 198 Å². The van der Waals surface area contributed by atoms with Crippen LogP contribution in [-0.4, -0.2) is 60.7 Å². The molecule has 0 aromatic carbocycles. The average molecular weight is 517 g/mol. The van der Waals surface area contributed by atoms with E-state index in [9.17, 15) is 40.9 Å². The zero-order valence-corrected chi connectivity index (χ0v) is 19.2. The lowest BCUT2D eigenvalue weighted by atomic mass is 9.49. The molecular formula is C22H23F2O10S-. The first-order valence-electron chi connectivity index (χ1n) is 11.8. The zero-order valence-electron chi connectivity index (χ0n) is 18.4. The Morgan fingerprint density at radius 2 is 1.74 bits per heavy atom. The maximum absolute atomic E-state index is 13.5. The summed E-state index contributed by atoms with van der Waals surface area (Å²) in [4.78, 5) is 51.1. The molecule has 0 N–H and O–H groups in total. The minimum Gasteiger partial charge on any atom is -0.743 e. The third-order valence-electron chi connectivity index (χ3n) is 9.24. The number of halogens is 2. The predicted octanol–water partition coefficient (Wildman–Crippen LogP) is 0.782. The zero-order chi connectivity index (χ0) is 25.1. The van der Waals surface area contributed by atoms with Crippen LogP contribution < -0.4 is 0 Å². The lowest BCUT2D eigenvalue weighted by molar-refractivity contribution is -0.188. The van der Waals surface area contributed by atoms with Gasteiger partial charge in [0.05, 0.1) is 17.3 Å². The van der Waals surface area contributed by atoms with Crippen LogP contribution in [0.2, 0.25) is 0 Å². The molecule has 6 aliphatic carbocycles. The van der Waals surface area contributed by atoms with E-state index < -0.39 is 81.2 Å². The molecule has 0 aromatic rings. The monoisotopic (exact) mass is 517 g/mol. The number of rotatable bonds is 6. The number of hydrogen-bond acceptors (Lipinski definition) is 10. The molecule has 10 nitrogen and oxygen atoms in total. The van der Waals surface area contributed by atoms with Crippen molar-refractivity contribution >= 4 is 33.8 Å². The fourth-order valence-electron chi connectivity index (χ4n) is 8.04. The number of ketones is 1. The first kappa shape index (κ1) is 23.3. The second-order valence-corrected chi connectivity index (χ2v) is 12.6. The molecule has 1 heterocycles. The number of esters is 3. The van der Waals surface area contributed by atoms with Crippen LogP contribution in [0.1, 0.15) is 38.5 Å². The SMILES string of the molecule is O=C1C2CC3CC1CC(C(=O)OC1C4CC5C1OC(=O)C5C4C(=O)OCC(F)(F)S(=O)(=O)[O-])(C3)C2. The highest BCUT2D eigenvalue weighted by Crippen LogP contribution is 2.62. The van der Waals surface area contributed by atoms with Gasteiger partial charge in [-0.2, -0.15) is 8.78 Å². The van der Waals surface area contributed by atoms with Crippen molar-refractivity contribution in [2.75, 3.05) is 6.61 Å². The van der Waals surface area contributed by atoms with E-state index in [0.29, 0.717) is 19.3 Å². The molecule has 35 heavy (non-hydrogen) atoms. The summed E-state index contributed by atoms with van der Waals surface area (Å²) in [5, 5.41) is -4.82. The number of carbonyl (C=O) groups is 4. The van der Waals surface area contributed by atoms with E-state index in [-0.39, 0.29) is 30.0 Å². The molecule has 0 amide bonds. The van der Waals surface area contributed by atoms with Gasteiger partial charge in [-0.1, -0.05) is 0 Å². The van der Waals surface area contributed by atoms with Crippen LogP contribution in [0.15, 0.2) is 0 Å².